The molecule has 6 heteroatoms. The molecule has 98 valence electrons. The summed E-state index contributed by atoms with van der Waals surface area (Å²) in [4.78, 5) is 3.16. The molecular weight excluding hydrogens is 240 g/mol. The molecule has 1 heterocycles. The summed E-state index contributed by atoms with van der Waals surface area (Å²) in [5.41, 5.74) is 0. The van der Waals surface area contributed by atoms with Gasteiger partial charge in [-0.2, -0.15) is 8.42 Å². The monoisotopic (exact) mass is 261 g/mol. The van der Waals surface area contributed by atoms with Gasteiger partial charge in [-0.25, -0.2) is 9.55 Å². The Labute approximate surface area is 103 Å². The molecule has 0 saturated heterocycles. The number of hydrogen-bond acceptors (Lipinski definition) is 2. The smallest absolute Gasteiger partial charge is 0.264 e. The van der Waals surface area contributed by atoms with Crippen molar-refractivity contribution in [2.24, 2.45) is 0 Å². The fraction of sp³-hybridized carbons (Fsp3) is 0.727. The minimum absolute atomic E-state index is 0.150. The van der Waals surface area contributed by atoms with E-state index in [0.717, 1.165) is 38.1 Å². The van der Waals surface area contributed by atoms with Crippen molar-refractivity contribution in [3.8, 4) is 0 Å². The van der Waals surface area contributed by atoms with Gasteiger partial charge in [-0.15, -0.1) is 0 Å². The zero-order chi connectivity index (χ0) is 12.7. The lowest BCUT2D eigenvalue weighted by Gasteiger charge is -2.00. The van der Waals surface area contributed by atoms with Gasteiger partial charge >= 0.3 is 0 Å². The minimum atomic E-state index is -3.81. The highest BCUT2D eigenvalue weighted by molar-refractivity contribution is 7.85. The van der Waals surface area contributed by atoms with Crippen LogP contribution in [0.1, 0.15) is 38.4 Å². The van der Waals surface area contributed by atoms with Gasteiger partial charge in [0.05, 0.1) is 12.3 Å². The molecular formula is C11H21N2O3S+. The van der Waals surface area contributed by atoms with Crippen LogP contribution >= 0.6 is 0 Å². The lowest BCUT2D eigenvalue weighted by molar-refractivity contribution is -0.703. The Morgan fingerprint density at radius 2 is 2.12 bits per heavy atom. The molecule has 0 aliphatic rings. The fourth-order valence-corrected chi connectivity index (χ4v) is 2.30. The normalized spacial score (nSPS) is 11.9. The van der Waals surface area contributed by atoms with Crippen molar-refractivity contribution in [1.29, 1.82) is 0 Å². The van der Waals surface area contributed by atoms with E-state index in [2.05, 4.69) is 16.5 Å². The maximum absolute atomic E-state index is 10.5. The number of nitrogens with one attached hydrogen (secondary N) is 1. The molecule has 1 aromatic heterocycles. The summed E-state index contributed by atoms with van der Waals surface area (Å²) >= 11 is 0. The Morgan fingerprint density at radius 3 is 2.76 bits per heavy atom. The summed E-state index contributed by atoms with van der Waals surface area (Å²) in [6.07, 6.45) is 8.26. The fourth-order valence-electron chi connectivity index (χ4n) is 1.73. The van der Waals surface area contributed by atoms with E-state index in [1.54, 1.807) is 0 Å². The van der Waals surface area contributed by atoms with E-state index in [4.69, 9.17) is 4.55 Å². The first-order valence-corrected chi connectivity index (χ1v) is 7.64. The van der Waals surface area contributed by atoms with Gasteiger partial charge in [-0.3, -0.25) is 4.55 Å². The SMILES string of the molecule is CCCC[n+]1cc[nH]c1CCCCS(=O)(=O)O. The molecule has 0 unspecified atom stereocenters. The van der Waals surface area contributed by atoms with Crippen LogP contribution in [-0.2, 0) is 23.1 Å². The Bertz CT molecular complexity index is 426. The summed E-state index contributed by atoms with van der Waals surface area (Å²) < 4.78 is 31.9. The summed E-state index contributed by atoms with van der Waals surface area (Å²) in [5.74, 6) is 0.969. The Balaban J connectivity index is 2.33. The molecule has 0 spiro atoms. The second-order valence-electron chi connectivity index (χ2n) is 4.20. The number of unbranched alkanes of at least 4 members (excludes halogenated alkanes) is 2. The van der Waals surface area contributed by atoms with E-state index in [1.807, 2.05) is 12.4 Å². The topological polar surface area (TPSA) is 74.0 Å². The van der Waals surface area contributed by atoms with Crippen LogP contribution in [0.2, 0.25) is 0 Å². The van der Waals surface area contributed by atoms with Crippen LogP contribution in [0, 0.1) is 0 Å². The van der Waals surface area contributed by atoms with Gasteiger partial charge in [0.1, 0.15) is 12.4 Å². The van der Waals surface area contributed by atoms with Crippen molar-refractivity contribution >= 4 is 10.1 Å². The number of H-pyrrole nitrogens is 1. The standard InChI is InChI=1S/C11H20N2O3S/c1-2-3-8-13-9-7-12-11(13)6-4-5-10-17(14,15)16/h7,9H,2-6,8,10H2,1H3,(H,14,15,16)/p+1. The first kappa shape index (κ1) is 14.2. The number of aromatic nitrogens is 2. The van der Waals surface area contributed by atoms with Crippen LogP contribution in [0.4, 0.5) is 0 Å². The molecule has 17 heavy (non-hydrogen) atoms. The van der Waals surface area contributed by atoms with Gasteiger partial charge < -0.3 is 0 Å². The third kappa shape index (κ3) is 5.83. The van der Waals surface area contributed by atoms with Crippen molar-refractivity contribution < 1.29 is 17.5 Å². The van der Waals surface area contributed by atoms with Crippen LogP contribution in [0.25, 0.3) is 0 Å². The molecule has 0 fully saturated rings. The quantitative estimate of drug-likeness (QED) is 0.421. The predicted octanol–water partition coefficient (Wildman–Crippen LogP) is 1.31. The Morgan fingerprint density at radius 1 is 1.35 bits per heavy atom. The van der Waals surface area contributed by atoms with Crippen LogP contribution in [0.5, 0.6) is 0 Å². The number of aromatic amines is 1. The number of hydrogen-bond donors (Lipinski definition) is 2. The lowest BCUT2D eigenvalue weighted by Crippen LogP contribution is -2.36. The molecule has 0 bridgehead atoms. The molecule has 0 radical (unpaired) electrons. The second-order valence-corrected chi connectivity index (χ2v) is 5.77. The molecule has 0 aliphatic carbocycles. The number of imidazole rings is 1. The molecule has 1 aromatic rings. The Hall–Kier alpha value is -0.880. The van der Waals surface area contributed by atoms with Crippen molar-refractivity contribution in [3.63, 3.8) is 0 Å². The maximum Gasteiger partial charge on any atom is 0.264 e. The van der Waals surface area contributed by atoms with Gasteiger partial charge in [0.15, 0.2) is 0 Å². The zero-order valence-electron chi connectivity index (χ0n) is 10.2. The summed E-state index contributed by atoms with van der Waals surface area (Å²) in [6.45, 7) is 3.15. The Kier molecular flexibility index (Phi) is 5.64. The molecule has 0 atom stereocenters. The van der Waals surface area contributed by atoms with E-state index in [1.165, 1.54) is 0 Å². The van der Waals surface area contributed by atoms with E-state index in [9.17, 15) is 8.42 Å². The van der Waals surface area contributed by atoms with Gasteiger partial charge in [0.25, 0.3) is 15.9 Å². The highest BCUT2D eigenvalue weighted by Gasteiger charge is 2.10. The predicted molar refractivity (Wildman–Crippen MR) is 65.2 cm³/mol. The van der Waals surface area contributed by atoms with E-state index in [-0.39, 0.29) is 5.75 Å². The van der Waals surface area contributed by atoms with E-state index < -0.39 is 10.1 Å². The minimum Gasteiger partial charge on any atom is -0.286 e. The molecule has 0 amide bonds. The van der Waals surface area contributed by atoms with Crippen molar-refractivity contribution in [3.05, 3.63) is 18.2 Å². The molecule has 1 rings (SSSR count). The summed E-state index contributed by atoms with van der Waals surface area (Å²) in [5, 5.41) is 0. The van der Waals surface area contributed by atoms with Crippen molar-refractivity contribution in [2.45, 2.75) is 45.6 Å². The first-order chi connectivity index (χ1) is 8.03. The van der Waals surface area contributed by atoms with Crippen molar-refractivity contribution in [1.82, 2.24) is 4.98 Å². The van der Waals surface area contributed by atoms with Crippen molar-refractivity contribution in [2.75, 3.05) is 5.75 Å². The molecule has 0 aliphatic heterocycles. The van der Waals surface area contributed by atoms with Crippen LogP contribution in [0.15, 0.2) is 12.4 Å². The van der Waals surface area contributed by atoms with Crippen LogP contribution in [-0.4, -0.2) is 23.7 Å². The number of aryl methyl sites for hydroxylation is 2. The second kappa shape index (κ2) is 6.76. The van der Waals surface area contributed by atoms with Gasteiger partial charge in [0, 0.05) is 6.42 Å². The van der Waals surface area contributed by atoms with Crippen LogP contribution < -0.4 is 4.57 Å². The number of nitrogens with zero attached hydrogens (tertiary/aromatic N) is 1. The average molecular weight is 261 g/mol. The first-order valence-electron chi connectivity index (χ1n) is 6.04. The highest BCUT2D eigenvalue weighted by Crippen LogP contribution is 2.00. The van der Waals surface area contributed by atoms with Gasteiger partial charge in [-0.05, 0) is 19.3 Å². The summed E-state index contributed by atoms with van der Waals surface area (Å²) in [6, 6.07) is 0. The molecule has 0 saturated carbocycles. The van der Waals surface area contributed by atoms with Gasteiger partial charge in [-0.1, -0.05) is 13.3 Å². The molecule has 2 N–H and O–H groups in total. The average Bonchev–Trinajstić information content (AvgIpc) is 2.67. The van der Waals surface area contributed by atoms with E-state index >= 15 is 0 Å². The van der Waals surface area contributed by atoms with Gasteiger partial charge in [0.2, 0.25) is 0 Å². The lowest BCUT2D eigenvalue weighted by atomic mass is 10.2. The third-order valence-electron chi connectivity index (χ3n) is 2.67. The maximum atomic E-state index is 10.5. The van der Waals surface area contributed by atoms with Crippen LogP contribution in [0.3, 0.4) is 0 Å². The van der Waals surface area contributed by atoms with E-state index in [0.29, 0.717) is 6.42 Å². The number of rotatable bonds is 8. The summed E-state index contributed by atoms with van der Waals surface area (Å²) in [7, 11) is -3.81. The molecule has 5 nitrogen and oxygen atoms in total. The zero-order valence-corrected chi connectivity index (χ0v) is 11.0. The highest BCUT2D eigenvalue weighted by atomic mass is 32.2. The largest absolute Gasteiger partial charge is 0.286 e. The molecule has 0 aromatic carbocycles. The third-order valence-corrected chi connectivity index (χ3v) is 3.47.